The SMILES string of the molecule is CC1(C)CC(NC(=O)Cc2ccccc2C(=O)O)c2ccccc2O1. The number of hydrogen-bond donors (Lipinski definition) is 2. The highest BCUT2D eigenvalue weighted by molar-refractivity contribution is 5.91. The zero-order valence-electron chi connectivity index (χ0n) is 14.3. The first kappa shape index (κ1) is 17.0. The minimum Gasteiger partial charge on any atom is -0.487 e. The predicted octanol–water partition coefficient (Wildman–Crippen LogP) is 3.35. The Morgan fingerprint density at radius 1 is 1.16 bits per heavy atom. The molecule has 0 fully saturated rings. The lowest BCUT2D eigenvalue weighted by molar-refractivity contribution is -0.121. The van der Waals surface area contributed by atoms with Gasteiger partial charge < -0.3 is 15.2 Å². The van der Waals surface area contributed by atoms with Crippen LogP contribution in [0.3, 0.4) is 0 Å². The summed E-state index contributed by atoms with van der Waals surface area (Å²) >= 11 is 0. The molecule has 0 spiro atoms. The van der Waals surface area contributed by atoms with Crippen molar-refractivity contribution in [2.24, 2.45) is 0 Å². The van der Waals surface area contributed by atoms with E-state index in [9.17, 15) is 14.7 Å². The van der Waals surface area contributed by atoms with Crippen LogP contribution >= 0.6 is 0 Å². The van der Waals surface area contributed by atoms with Crippen molar-refractivity contribution in [3.63, 3.8) is 0 Å². The number of nitrogens with one attached hydrogen (secondary N) is 1. The van der Waals surface area contributed by atoms with E-state index in [-0.39, 0.29) is 29.5 Å². The van der Waals surface area contributed by atoms with Crippen LogP contribution in [-0.4, -0.2) is 22.6 Å². The average molecular weight is 339 g/mol. The minimum atomic E-state index is -1.03. The summed E-state index contributed by atoms with van der Waals surface area (Å²) < 4.78 is 5.97. The van der Waals surface area contributed by atoms with Crippen LogP contribution in [0.4, 0.5) is 0 Å². The molecule has 5 nitrogen and oxygen atoms in total. The monoisotopic (exact) mass is 339 g/mol. The number of carboxylic acids is 1. The van der Waals surface area contributed by atoms with Crippen LogP contribution < -0.4 is 10.1 Å². The van der Waals surface area contributed by atoms with Crippen LogP contribution in [0, 0.1) is 0 Å². The van der Waals surface area contributed by atoms with E-state index in [1.807, 2.05) is 38.1 Å². The van der Waals surface area contributed by atoms with Crippen molar-refractivity contribution in [3.05, 3.63) is 65.2 Å². The quantitative estimate of drug-likeness (QED) is 0.896. The van der Waals surface area contributed by atoms with Crippen molar-refractivity contribution in [3.8, 4) is 5.75 Å². The third kappa shape index (κ3) is 3.82. The van der Waals surface area contributed by atoms with Gasteiger partial charge in [-0.05, 0) is 31.5 Å². The van der Waals surface area contributed by atoms with Gasteiger partial charge >= 0.3 is 5.97 Å². The van der Waals surface area contributed by atoms with E-state index in [1.165, 1.54) is 6.07 Å². The Labute approximate surface area is 146 Å². The number of ether oxygens (including phenoxy) is 1. The normalized spacial score (nSPS) is 17.9. The summed E-state index contributed by atoms with van der Waals surface area (Å²) in [5.74, 6) is -0.456. The van der Waals surface area contributed by atoms with Gasteiger partial charge in [-0.3, -0.25) is 4.79 Å². The van der Waals surface area contributed by atoms with E-state index in [2.05, 4.69) is 5.32 Å². The summed E-state index contributed by atoms with van der Waals surface area (Å²) in [4.78, 5) is 23.8. The largest absolute Gasteiger partial charge is 0.487 e. The molecule has 5 heteroatoms. The molecule has 0 saturated heterocycles. The van der Waals surface area contributed by atoms with Crippen molar-refractivity contribution >= 4 is 11.9 Å². The van der Waals surface area contributed by atoms with E-state index in [1.54, 1.807) is 18.2 Å². The molecule has 1 aliphatic rings. The summed E-state index contributed by atoms with van der Waals surface area (Å²) in [5, 5.41) is 12.3. The van der Waals surface area contributed by atoms with Crippen LogP contribution in [0.25, 0.3) is 0 Å². The summed E-state index contributed by atoms with van der Waals surface area (Å²) in [6.07, 6.45) is 0.679. The molecule has 0 saturated carbocycles. The molecule has 25 heavy (non-hydrogen) atoms. The average Bonchev–Trinajstić information content (AvgIpc) is 2.54. The third-order valence-corrected chi connectivity index (χ3v) is 4.31. The highest BCUT2D eigenvalue weighted by Gasteiger charge is 2.34. The van der Waals surface area contributed by atoms with Crippen molar-refractivity contribution in [2.45, 2.75) is 38.3 Å². The fraction of sp³-hybridized carbons (Fsp3) is 0.300. The second-order valence-electron chi connectivity index (χ2n) is 6.86. The maximum Gasteiger partial charge on any atom is 0.335 e. The number of benzene rings is 2. The fourth-order valence-corrected chi connectivity index (χ4v) is 3.23. The number of carbonyl (C=O) groups is 2. The first-order valence-corrected chi connectivity index (χ1v) is 8.24. The lowest BCUT2D eigenvalue weighted by Crippen LogP contribution is -2.41. The Kier molecular flexibility index (Phi) is 4.49. The Morgan fingerprint density at radius 2 is 1.84 bits per heavy atom. The first-order chi connectivity index (χ1) is 11.9. The van der Waals surface area contributed by atoms with Gasteiger partial charge in [0, 0.05) is 12.0 Å². The van der Waals surface area contributed by atoms with Gasteiger partial charge in [0.1, 0.15) is 11.4 Å². The lowest BCUT2D eigenvalue weighted by Gasteiger charge is -2.37. The molecule has 1 aliphatic heterocycles. The molecule has 0 bridgehead atoms. The Balaban J connectivity index is 1.79. The summed E-state index contributed by atoms with van der Waals surface area (Å²) in [7, 11) is 0. The van der Waals surface area contributed by atoms with Crippen LogP contribution in [0.2, 0.25) is 0 Å². The maximum atomic E-state index is 12.5. The van der Waals surface area contributed by atoms with Crippen LogP contribution in [0.15, 0.2) is 48.5 Å². The molecule has 0 aliphatic carbocycles. The summed E-state index contributed by atoms with van der Waals surface area (Å²) in [5.41, 5.74) is 1.23. The number of para-hydroxylation sites is 1. The Bertz CT molecular complexity index is 813. The summed E-state index contributed by atoms with van der Waals surface area (Å²) in [6.45, 7) is 3.98. The van der Waals surface area contributed by atoms with Crippen molar-refractivity contribution in [2.75, 3.05) is 0 Å². The lowest BCUT2D eigenvalue weighted by atomic mass is 9.89. The van der Waals surface area contributed by atoms with E-state index >= 15 is 0 Å². The number of hydrogen-bond acceptors (Lipinski definition) is 3. The van der Waals surface area contributed by atoms with Gasteiger partial charge in [0.25, 0.3) is 0 Å². The number of rotatable bonds is 4. The van der Waals surface area contributed by atoms with Crippen molar-refractivity contribution < 1.29 is 19.4 Å². The van der Waals surface area contributed by atoms with Crippen molar-refractivity contribution in [1.82, 2.24) is 5.32 Å². The zero-order chi connectivity index (χ0) is 18.0. The fourth-order valence-electron chi connectivity index (χ4n) is 3.23. The van der Waals surface area contributed by atoms with Gasteiger partial charge in [-0.1, -0.05) is 36.4 Å². The van der Waals surface area contributed by atoms with E-state index in [4.69, 9.17) is 4.74 Å². The van der Waals surface area contributed by atoms with Crippen LogP contribution in [0.1, 0.15) is 47.8 Å². The summed E-state index contributed by atoms with van der Waals surface area (Å²) in [6, 6.07) is 14.1. The highest BCUT2D eigenvalue weighted by Crippen LogP contribution is 2.39. The van der Waals surface area contributed by atoms with Gasteiger partial charge in [-0.25, -0.2) is 4.79 Å². The molecule has 0 aromatic heterocycles. The van der Waals surface area contributed by atoms with Gasteiger partial charge in [0.2, 0.25) is 5.91 Å². The van der Waals surface area contributed by atoms with Crippen molar-refractivity contribution in [1.29, 1.82) is 0 Å². The van der Waals surface area contributed by atoms with Gasteiger partial charge in [-0.2, -0.15) is 0 Å². The van der Waals surface area contributed by atoms with Crippen LogP contribution in [-0.2, 0) is 11.2 Å². The maximum absolute atomic E-state index is 12.5. The molecule has 1 heterocycles. The molecule has 2 aromatic rings. The number of fused-ring (bicyclic) bond motifs is 1. The van der Waals surface area contributed by atoms with Gasteiger partial charge in [0.15, 0.2) is 0 Å². The molecule has 130 valence electrons. The van der Waals surface area contributed by atoms with Crippen LogP contribution in [0.5, 0.6) is 5.75 Å². The van der Waals surface area contributed by atoms with E-state index in [0.717, 1.165) is 11.3 Å². The van der Waals surface area contributed by atoms with E-state index < -0.39 is 5.97 Å². The second kappa shape index (κ2) is 6.59. The molecule has 3 rings (SSSR count). The first-order valence-electron chi connectivity index (χ1n) is 8.24. The number of carboxylic acid groups (broad SMARTS) is 1. The predicted molar refractivity (Wildman–Crippen MR) is 93.8 cm³/mol. The number of carbonyl (C=O) groups excluding carboxylic acids is 1. The zero-order valence-corrected chi connectivity index (χ0v) is 14.3. The Hall–Kier alpha value is -2.82. The standard InChI is InChI=1S/C20H21NO4/c1-20(2)12-16(15-9-5-6-10-17(15)25-20)21-18(22)11-13-7-3-4-8-14(13)19(23)24/h3-10,16H,11-12H2,1-2H3,(H,21,22)(H,23,24). The minimum absolute atomic E-state index is 0.0302. The van der Waals surface area contributed by atoms with Gasteiger partial charge in [-0.15, -0.1) is 0 Å². The van der Waals surface area contributed by atoms with E-state index in [0.29, 0.717) is 12.0 Å². The second-order valence-corrected chi connectivity index (χ2v) is 6.86. The Morgan fingerprint density at radius 3 is 2.60 bits per heavy atom. The topological polar surface area (TPSA) is 75.6 Å². The smallest absolute Gasteiger partial charge is 0.335 e. The number of amides is 1. The molecular weight excluding hydrogens is 318 g/mol. The van der Waals surface area contributed by atoms with Gasteiger partial charge in [0.05, 0.1) is 18.0 Å². The molecule has 1 amide bonds. The highest BCUT2D eigenvalue weighted by atomic mass is 16.5. The molecule has 2 aromatic carbocycles. The molecule has 0 radical (unpaired) electrons. The number of aromatic carboxylic acids is 1. The molecule has 2 N–H and O–H groups in total. The molecular formula is C20H21NO4. The molecule has 1 atom stereocenters. The molecule has 1 unspecified atom stereocenters. The third-order valence-electron chi connectivity index (χ3n) is 4.31.